The maximum Gasteiger partial charge on any atom is 0.387 e. The molecular weight excluding hydrogens is 302 g/mol. The number of carbonyl (C=O) groups excluding carboxylic acids is 1. The third-order valence-electron chi connectivity index (χ3n) is 3.42. The molecule has 0 aliphatic carbocycles. The Morgan fingerprint density at radius 2 is 1.78 bits per heavy atom. The summed E-state index contributed by atoms with van der Waals surface area (Å²) in [5.74, 6) is -0.271. The highest BCUT2D eigenvalue weighted by molar-refractivity contribution is 5.94. The first-order valence-corrected chi connectivity index (χ1v) is 7.11. The van der Waals surface area contributed by atoms with E-state index in [2.05, 4.69) is 15.4 Å². The van der Waals surface area contributed by atoms with E-state index in [1.54, 1.807) is 18.2 Å². The van der Waals surface area contributed by atoms with Gasteiger partial charge in [-0.05, 0) is 43.2 Å². The molecule has 0 aromatic heterocycles. The number of rotatable bonds is 6. The van der Waals surface area contributed by atoms with Gasteiger partial charge in [0, 0.05) is 5.69 Å². The molecular formula is C17H18F2N2O2. The summed E-state index contributed by atoms with van der Waals surface area (Å²) in [4.78, 5) is 12.0. The SMILES string of the molecule is Cc1cccc(NC(=O)CNc2ccccc2OC(F)F)c1C. The van der Waals surface area contributed by atoms with Crippen molar-refractivity contribution in [1.82, 2.24) is 0 Å². The molecule has 0 unspecified atom stereocenters. The summed E-state index contributed by atoms with van der Waals surface area (Å²) in [5.41, 5.74) is 3.13. The van der Waals surface area contributed by atoms with Crippen LogP contribution in [0.1, 0.15) is 11.1 Å². The van der Waals surface area contributed by atoms with Crippen LogP contribution in [0.3, 0.4) is 0 Å². The summed E-state index contributed by atoms with van der Waals surface area (Å²) >= 11 is 0. The molecule has 23 heavy (non-hydrogen) atoms. The van der Waals surface area contributed by atoms with Crippen LogP contribution in [0.25, 0.3) is 0 Å². The van der Waals surface area contributed by atoms with Gasteiger partial charge in [-0.2, -0.15) is 8.78 Å². The number of amides is 1. The molecule has 2 N–H and O–H groups in total. The second-order valence-electron chi connectivity index (χ2n) is 5.02. The third kappa shape index (κ3) is 4.67. The third-order valence-corrected chi connectivity index (χ3v) is 3.42. The van der Waals surface area contributed by atoms with Crippen molar-refractivity contribution in [3.8, 4) is 5.75 Å². The van der Waals surface area contributed by atoms with Gasteiger partial charge in [0.1, 0.15) is 5.75 Å². The standard InChI is InChI=1S/C17H18F2N2O2/c1-11-6-5-8-13(12(11)2)21-16(22)10-20-14-7-3-4-9-15(14)23-17(18)19/h3-9,17,20H,10H2,1-2H3,(H,21,22). The van der Waals surface area contributed by atoms with Crippen molar-refractivity contribution in [2.24, 2.45) is 0 Å². The highest BCUT2D eigenvalue weighted by atomic mass is 19.3. The summed E-state index contributed by atoms with van der Waals surface area (Å²) < 4.78 is 29.1. The largest absolute Gasteiger partial charge is 0.433 e. The van der Waals surface area contributed by atoms with Gasteiger partial charge in [-0.15, -0.1) is 0 Å². The van der Waals surface area contributed by atoms with Gasteiger partial charge in [0.2, 0.25) is 5.91 Å². The zero-order valence-electron chi connectivity index (χ0n) is 12.9. The fraction of sp³-hybridized carbons (Fsp3) is 0.235. The lowest BCUT2D eigenvalue weighted by Gasteiger charge is -2.13. The van der Waals surface area contributed by atoms with Crippen LogP contribution in [0.4, 0.5) is 20.2 Å². The average molecular weight is 320 g/mol. The van der Waals surface area contributed by atoms with E-state index < -0.39 is 6.61 Å². The number of halogens is 2. The van der Waals surface area contributed by atoms with Crippen LogP contribution >= 0.6 is 0 Å². The zero-order valence-corrected chi connectivity index (χ0v) is 12.9. The van der Waals surface area contributed by atoms with E-state index >= 15 is 0 Å². The Morgan fingerprint density at radius 3 is 2.52 bits per heavy atom. The van der Waals surface area contributed by atoms with Gasteiger partial charge < -0.3 is 15.4 Å². The lowest BCUT2D eigenvalue weighted by molar-refractivity contribution is -0.114. The van der Waals surface area contributed by atoms with E-state index in [0.29, 0.717) is 5.69 Å². The van der Waals surface area contributed by atoms with Crippen molar-refractivity contribution in [3.63, 3.8) is 0 Å². The summed E-state index contributed by atoms with van der Waals surface area (Å²) in [6, 6.07) is 11.9. The second-order valence-corrected chi connectivity index (χ2v) is 5.02. The molecule has 2 rings (SSSR count). The number of carbonyl (C=O) groups is 1. The van der Waals surface area contributed by atoms with Crippen molar-refractivity contribution in [2.75, 3.05) is 17.2 Å². The van der Waals surface area contributed by atoms with Crippen molar-refractivity contribution in [3.05, 3.63) is 53.6 Å². The number of nitrogens with one attached hydrogen (secondary N) is 2. The van der Waals surface area contributed by atoms with E-state index in [1.807, 2.05) is 32.0 Å². The monoisotopic (exact) mass is 320 g/mol. The van der Waals surface area contributed by atoms with E-state index in [4.69, 9.17) is 0 Å². The summed E-state index contributed by atoms with van der Waals surface area (Å²) in [6.45, 7) is 0.907. The van der Waals surface area contributed by atoms with Crippen molar-refractivity contribution >= 4 is 17.3 Å². The maximum atomic E-state index is 12.3. The molecule has 0 aliphatic heterocycles. The zero-order chi connectivity index (χ0) is 16.8. The Morgan fingerprint density at radius 1 is 1.09 bits per heavy atom. The smallest absolute Gasteiger partial charge is 0.387 e. The molecule has 0 aliphatic rings. The number of hydrogen-bond donors (Lipinski definition) is 2. The maximum absolute atomic E-state index is 12.3. The number of anilines is 2. The topological polar surface area (TPSA) is 50.4 Å². The summed E-state index contributed by atoms with van der Waals surface area (Å²) in [5, 5.41) is 5.59. The molecule has 0 atom stereocenters. The lowest BCUT2D eigenvalue weighted by atomic mass is 10.1. The van der Waals surface area contributed by atoms with Gasteiger partial charge in [0.15, 0.2) is 0 Å². The van der Waals surface area contributed by atoms with Gasteiger partial charge in [-0.25, -0.2) is 0 Å². The van der Waals surface area contributed by atoms with Gasteiger partial charge in [0.25, 0.3) is 0 Å². The fourth-order valence-electron chi connectivity index (χ4n) is 2.07. The summed E-state index contributed by atoms with van der Waals surface area (Å²) in [7, 11) is 0. The van der Waals surface area contributed by atoms with Crippen LogP contribution in [0.2, 0.25) is 0 Å². The number of ether oxygens (including phenoxy) is 1. The predicted molar refractivity (Wildman–Crippen MR) is 86.1 cm³/mol. The molecule has 0 heterocycles. The Labute approximate surface area is 133 Å². The molecule has 1 amide bonds. The number of hydrogen-bond acceptors (Lipinski definition) is 3. The Hall–Kier alpha value is -2.63. The minimum absolute atomic E-state index is 0.00189. The van der Waals surface area contributed by atoms with E-state index in [0.717, 1.165) is 16.8 Å². The molecule has 0 saturated heterocycles. The van der Waals surface area contributed by atoms with Gasteiger partial charge in [-0.3, -0.25) is 4.79 Å². The van der Waals surface area contributed by atoms with Gasteiger partial charge in [0.05, 0.1) is 12.2 Å². The first-order chi connectivity index (χ1) is 11.0. The molecule has 2 aromatic rings. The minimum Gasteiger partial charge on any atom is -0.433 e. The molecule has 4 nitrogen and oxygen atoms in total. The van der Waals surface area contributed by atoms with Gasteiger partial charge in [-0.1, -0.05) is 24.3 Å². The first kappa shape index (κ1) is 16.7. The number of aryl methyl sites for hydroxylation is 1. The molecule has 0 spiro atoms. The lowest BCUT2D eigenvalue weighted by Crippen LogP contribution is -2.22. The normalized spacial score (nSPS) is 10.5. The Bertz CT molecular complexity index is 690. The van der Waals surface area contributed by atoms with Crippen molar-refractivity contribution in [1.29, 1.82) is 0 Å². The Kier molecular flexibility index (Phi) is 5.51. The minimum atomic E-state index is -2.92. The molecule has 0 saturated carbocycles. The van der Waals surface area contributed by atoms with Crippen molar-refractivity contribution in [2.45, 2.75) is 20.5 Å². The first-order valence-electron chi connectivity index (χ1n) is 7.11. The predicted octanol–water partition coefficient (Wildman–Crippen LogP) is 3.96. The summed E-state index contributed by atoms with van der Waals surface area (Å²) in [6.07, 6.45) is 0. The average Bonchev–Trinajstić information content (AvgIpc) is 2.50. The fourth-order valence-corrected chi connectivity index (χ4v) is 2.07. The number of para-hydroxylation sites is 2. The molecule has 122 valence electrons. The van der Waals surface area contributed by atoms with E-state index in [9.17, 15) is 13.6 Å². The van der Waals surface area contributed by atoms with Crippen LogP contribution < -0.4 is 15.4 Å². The highest BCUT2D eigenvalue weighted by Gasteiger charge is 2.11. The number of benzene rings is 2. The van der Waals surface area contributed by atoms with Crippen LogP contribution in [0.15, 0.2) is 42.5 Å². The van der Waals surface area contributed by atoms with Gasteiger partial charge >= 0.3 is 6.61 Å². The molecule has 0 fully saturated rings. The quantitative estimate of drug-likeness (QED) is 0.847. The molecule has 0 radical (unpaired) electrons. The highest BCUT2D eigenvalue weighted by Crippen LogP contribution is 2.25. The Balaban J connectivity index is 1.98. The van der Waals surface area contributed by atoms with Crippen LogP contribution in [-0.2, 0) is 4.79 Å². The van der Waals surface area contributed by atoms with E-state index in [-0.39, 0.29) is 18.2 Å². The van der Waals surface area contributed by atoms with Crippen LogP contribution in [0.5, 0.6) is 5.75 Å². The van der Waals surface area contributed by atoms with Crippen molar-refractivity contribution < 1.29 is 18.3 Å². The second kappa shape index (κ2) is 7.58. The molecule has 2 aromatic carbocycles. The molecule has 0 bridgehead atoms. The van der Waals surface area contributed by atoms with Crippen LogP contribution in [-0.4, -0.2) is 19.1 Å². The number of alkyl halides is 2. The van der Waals surface area contributed by atoms with Crippen LogP contribution in [0, 0.1) is 13.8 Å². The molecule has 6 heteroatoms. The van der Waals surface area contributed by atoms with E-state index in [1.165, 1.54) is 6.07 Å².